The van der Waals surface area contributed by atoms with E-state index in [-0.39, 0.29) is 11.9 Å². The van der Waals surface area contributed by atoms with Gasteiger partial charge in [0.25, 0.3) is 0 Å². The fraction of sp³-hybridized carbons (Fsp3) is 0.188. The summed E-state index contributed by atoms with van der Waals surface area (Å²) < 4.78 is 0.913. The van der Waals surface area contributed by atoms with Crippen molar-refractivity contribution in [1.82, 2.24) is 5.32 Å². The van der Waals surface area contributed by atoms with Crippen molar-refractivity contribution in [2.45, 2.75) is 17.9 Å². The van der Waals surface area contributed by atoms with E-state index in [4.69, 9.17) is 5.73 Å². The topological polar surface area (TPSA) is 55.1 Å². The molecule has 2 aromatic rings. The van der Waals surface area contributed by atoms with Gasteiger partial charge in [0.15, 0.2) is 0 Å². The van der Waals surface area contributed by atoms with Crippen molar-refractivity contribution < 1.29 is 4.79 Å². The Morgan fingerprint density at radius 3 is 2.67 bits per heavy atom. The second-order valence-electron chi connectivity index (χ2n) is 4.68. The van der Waals surface area contributed by atoms with Crippen LogP contribution in [0.3, 0.4) is 0 Å². The van der Waals surface area contributed by atoms with Gasteiger partial charge in [0.05, 0.1) is 11.8 Å². The summed E-state index contributed by atoms with van der Waals surface area (Å²) in [4.78, 5) is 13.0. The van der Waals surface area contributed by atoms with Crippen LogP contribution in [0.5, 0.6) is 0 Å². The summed E-state index contributed by atoms with van der Waals surface area (Å²) in [6.45, 7) is 1.98. The SMILES string of the molecule is CC(NC(=O)CSc1ccc(N)cc1Br)c1ccccc1. The third-order valence-corrected chi connectivity index (χ3v) is 4.98. The lowest BCUT2D eigenvalue weighted by Crippen LogP contribution is -2.28. The largest absolute Gasteiger partial charge is 0.399 e. The number of hydrogen-bond donors (Lipinski definition) is 2. The number of nitrogens with two attached hydrogens (primary N) is 1. The van der Waals surface area contributed by atoms with Crippen LogP contribution in [0, 0.1) is 0 Å². The second-order valence-corrected chi connectivity index (χ2v) is 6.55. The number of anilines is 1. The molecule has 5 heteroatoms. The summed E-state index contributed by atoms with van der Waals surface area (Å²) in [5.41, 5.74) is 7.50. The van der Waals surface area contributed by atoms with Crippen LogP contribution in [0.25, 0.3) is 0 Å². The molecular formula is C16H17BrN2OS. The number of hydrogen-bond acceptors (Lipinski definition) is 3. The number of carbonyl (C=O) groups is 1. The molecule has 0 aliphatic heterocycles. The molecule has 1 atom stereocenters. The van der Waals surface area contributed by atoms with E-state index in [2.05, 4.69) is 21.2 Å². The van der Waals surface area contributed by atoms with Gasteiger partial charge < -0.3 is 11.1 Å². The van der Waals surface area contributed by atoms with Gasteiger partial charge in [-0.05, 0) is 46.6 Å². The first-order valence-electron chi connectivity index (χ1n) is 6.58. The monoisotopic (exact) mass is 364 g/mol. The van der Waals surface area contributed by atoms with Gasteiger partial charge in [-0.1, -0.05) is 30.3 Å². The molecule has 0 heterocycles. The maximum absolute atomic E-state index is 12.0. The first-order valence-corrected chi connectivity index (χ1v) is 8.36. The third kappa shape index (κ3) is 4.79. The molecular weight excluding hydrogens is 348 g/mol. The van der Waals surface area contributed by atoms with Crippen LogP contribution in [-0.2, 0) is 4.79 Å². The van der Waals surface area contributed by atoms with E-state index in [1.165, 1.54) is 11.8 Å². The van der Waals surface area contributed by atoms with E-state index in [1.54, 1.807) is 0 Å². The van der Waals surface area contributed by atoms with Crippen LogP contribution < -0.4 is 11.1 Å². The molecule has 0 saturated heterocycles. The molecule has 21 heavy (non-hydrogen) atoms. The molecule has 0 saturated carbocycles. The molecule has 0 radical (unpaired) electrons. The zero-order valence-corrected chi connectivity index (χ0v) is 14.1. The van der Waals surface area contributed by atoms with E-state index in [0.29, 0.717) is 11.4 Å². The molecule has 0 spiro atoms. The number of amides is 1. The highest BCUT2D eigenvalue weighted by Crippen LogP contribution is 2.29. The van der Waals surface area contributed by atoms with E-state index in [1.807, 2.05) is 55.5 Å². The molecule has 0 aliphatic carbocycles. The molecule has 2 rings (SSSR count). The van der Waals surface area contributed by atoms with Crippen LogP contribution in [0.1, 0.15) is 18.5 Å². The molecule has 110 valence electrons. The normalized spacial score (nSPS) is 11.9. The fourth-order valence-corrected chi connectivity index (χ4v) is 3.36. The molecule has 0 aromatic heterocycles. The fourth-order valence-electron chi connectivity index (χ4n) is 1.89. The Bertz CT molecular complexity index is 619. The predicted octanol–water partition coefficient (Wildman–Crippen LogP) is 4.00. The number of rotatable bonds is 5. The van der Waals surface area contributed by atoms with Crippen LogP contribution in [0.15, 0.2) is 57.9 Å². The molecule has 1 amide bonds. The Labute approximate surface area is 137 Å². The first kappa shape index (κ1) is 15.9. The Hall–Kier alpha value is -1.46. The molecule has 0 fully saturated rings. The number of nitrogen functional groups attached to an aromatic ring is 1. The van der Waals surface area contributed by atoms with Crippen LogP contribution >= 0.6 is 27.7 Å². The van der Waals surface area contributed by atoms with E-state index < -0.39 is 0 Å². The van der Waals surface area contributed by atoms with Gasteiger partial charge >= 0.3 is 0 Å². The van der Waals surface area contributed by atoms with E-state index in [9.17, 15) is 4.79 Å². The van der Waals surface area contributed by atoms with Crippen molar-refractivity contribution in [2.75, 3.05) is 11.5 Å². The Kier molecular flexibility index (Phi) is 5.70. The third-order valence-electron chi connectivity index (χ3n) is 2.99. The highest BCUT2D eigenvalue weighted by Gasteiger charge is 2.10. The summed E-state index contributed by atoms with van der Waals surface area (Å²) in [7, 11) is 0. The minimum atomic E-state index is 0.00848. The summed E-state index contributed by atoms with van der Waals surface area (Å²) in [5.74, 6) is 0.389. The molecule has 2 aromatic carbocycles. The van der Waals surface area contributed by atoms with Crippen molar-refractivity contribution >= 4 is 39.3 Å². The summed E-state index contributed by atoms with van der Waals surface area (Å²) >= 11 is 4.94. The lowest BCUT2D eigenvalue weighted by atomic mass is 10.1. The van der Waals surface area contributed by atoms with Gasteiger partial charge in [0, 0.05) is 15.1 Å². The summed E-state index contributed by atoms with van der Waals surface area (Å²) in [6.07, 6.45) is 0. The number of nitrogens with one attached hydrogen (secondary N) is 1. The van der Waals surface area contributed by atoms with Crippen LogP contribution in [0.2, 0.25) is 0 Å². The zero-order valence-electron chi connectivity index (χ0n) is 11.7. The molecule has 0 aliphatic rings. The molecule has 3 N–H and O–H groups in total. The molecule has 3 nitrogen and oxygen atoms in total. The van der Waals surface area contributed by atoms with Gasteiger partial charge in [-0.3, -0.25) is 4.79 Å². The predicted molar refractivity (Wildman–Crippen MR) is 92.3 cm³/mol. The Morgan fingerprint density at radius 1 is 1.29 bits per heavy atom. The standard InChI is InChI=1S/C16H17BrN2OS/c1-11(12-5-3-2-4-6-12)19-16(20)10-21-15-8-7-13(18)9-14(15)17/h2-9,11H,10,18H2,1H3,(H,19,20). The quantitative estimate of drug-likeness (QED) is 0.622. The lowest BCUT2D eigenvalue weighted by molar-refractivity contribution is -0.119. The minimum absolute atomic E-state index is 0.00848. The van der Waals surface area contributed by atoms with Crippen molar-refractivity contribution in [1.29, 1.82) is 0 Å². The van der Waals surface area contributed by atoms with Crippen molar-refractivity contribution in [3.8, 4) is 0 Å². The maximum Gasteiger partial charge on any atom is 0.230 e. The van der Waals surface area contributed by atoms with Gasteiger partial charge in [0.2, 0.25) is 5.91 Å². The number of benzene rings is 2. The Balaban J connectivity index is 1.87. The minimum Gasteiger partial charge on any atom is -0.399 e. The van der Waals surface area contributed by atoms with E-state index in [0.717, 1.165) is 14.9 Å². The lowest BCUT2D eigenvalue weighted by Gasteiger charge is -2.14. The van der Waals surface area contributed by atoms with Crippen LogP contribution in [-0.4, -0.2) is 11.7 Å². The summed E-state index contributed by atoms with van der Waals surface area (Å²) in [5, 5.41) is 3.00. The average Bonchev–Trinajstić information content (AvgIpc) is 2.47. The zero-order chi connectivity index (χ0) is 15.2. The molecule has 1 unspecified atom stereocenters. The first-order chi connectivity index (χ1) is 10.1. The number of carbonyl (C=O) groups excluding carboxylic acids is 1. The van der Waals surface area contributed by atoms with Gasteiger partial charge in [-0.25, -0.2) is 0 Å². The number of thioether (sulfide) groups is 1. The van der Waals surface area contributed by atoms with Crippen molar-refractivity contribution in [3.63, 3.8) is 0 Å². The Morgan fingerprint density at radius 2 is 2.00 bits per heavy atom. The summed E-state index contributed by atoms with van der Waals surface area (Å²) in [6, 6.07) is 15.5. The smallest absolute Gasteiger partial charge is 0.230 e. The van der Waals surface area contributed by atoms with Gasteiger partial charge in [0.1, 0.15) is 0 Å². The maximum atomic E-state index is 12.0. The highest BCUT2D eigenvalue weighted by atomic mass is 79.9. The number of halogens is 1. The van der Waals surface area contributed by atoms with E-state index >= 15 is 0 Å². The second kappa shape index (κ2) is 7.52. The highest BCUT2D eigenvalue weighted by molar-refractivity contribution is 9.10. The van der Waals surface area contributed by atoms with Crippen LogP contribution in [0.4, 0.5) is 5.69 Å². The van der Waals surface area contributed by atoms with Crippen molar-refractivity contribution in [3.05, 3.63) is 58.6 Å². The van der Waals surface area contributed by atoms with Gasteiger partial charge in [-0.2, -0.15) is 0 Å². The van der Waals surface area contributed by atoms with Gasteiger partial charge in [-0.15, -0.1) is 11.8 Å². The average molecular weight is 365 g/mol. The van der Waals surface area contributed by atoms with Crippen molar-refractivity contribution in [2.24, 2.45) is 0 Å². The molecule has 0 bridgehead atoms.